The van der Waals surface area contributed by atoms with E-state index in [1.54, 1.807) is 7.11 Å². The summed E-state index contributed by atoms with van der Waals surface area (Å²) < 4.78 is 5.08. The van der Waals surface area contributed by atoms with E-state index in [-0.39, 0.29) is 0 Å². The summed E-state index contributed by atoms with van der Waals surface area (Å²) in [6, 6.07) is 15.2. The lowest BCUT2D eigenvalue weighted by atomic mass is 10.1. The maximum absolute atomic E-state index is 5.08. The Morgan fingerprint density at radius 3 is 2.62 bits per heavy atom. The first-order valence-corrected chi connectivity index (χ1v) is 8.05. The van der Waals surface area contributed by atoms with Crippen molar-refractivity contribution in [3.05, 3.63) is 59.2 Å². The second-order valence-corrected chi connectivity index (χ2v) is 6.23. The molecule has 112 valence electrons. The quantitative estimate of drug-likeness (QED) is 0.775. The predicted molar refractivity (Wildman–Crippen MR) is 90.1 cm³/mol. The minimum absolute atomic E-state index is 0.742. The van der Waals surface area contributed by atoms with Gasteiger partial charge in [-0.3, -0.25) is 0 Å². The molecule has 0 aliphatic heterocycles. The second-order valence-electron chi connectivity index (χ2n) is 5.15. The van der Waals surface area contributed by atoms with Crippen LogP contribution < -0.4 is 5.32 Å². The molecule has 0 saturated carbocycles. The van der Waals surface area contributed by atoms with Gasteiger partial charge in [-0.05, 0) is 37.1 Å². The van der Waals surface area contributed by atoms with Crippen LogP contribution >= 0.6 is 11.8 Å². The molecule has 3 heteroatoms. The number of aryl methyl sites for hydroxylation is 2. The highest BCUT2D eigenvalue weighted by Crippen LogP contribution is 2.32. The highest BCUT2D eigenvalue weighted by atomic mass is 32.2. The van der Waals surface area contributed by atoms with Gasteiger partial charge in [0.1, 0.15) is 0 Å². The Morgan fingerprint density at radius 2 is 1.86 bits per heavy atom. The van der Waals surface area contributed by atoms with E-state index in [0.717, 1.165) is 19.7 Å². The Hall–Kier alpha value is -1.29. The number of hydrogen-bond acceptors (Lipinski definition) is 3. The summed E-state index contributed by atoms with van der Waals surface area (Å²) in [7, 11) is 1.73. The molecule has 0 aromatic heterocycles. The van der Waals surface area contributed by atoms with Crippen LogP contribution in [0.15, 0.2) is 52.3 Å². The SMILES string of the molecule is COCCNCc1cc(C)ccc1Sc1ccccc1C. The molecular formula is C18H23NOS. The van der Waals surface area contributed by atoms with Gasteiger partial charge in [0.15, 0.2) is 0 Å². The Morgan fingerprint density at radius 1 is 1.05 bits per heavy atom. The molecule has 2 aromatic carbocycles. The van der Waals surface area contributed by atoms with Gasteiger partial charge in [-0.1, -0.05) is 47.7 Å². The van der Waals surface area contributed by atoms with Gasteiger partial charge < -0.3 is 10.1 Å². The molecule has 0 bridgehead atoms. The molecule has 0 aliphatic rings. The van der Waals surface area contributed by atoms with Crippen molar-refractivity contribution in [2.45, 2.75) is 30.2 Å². The van der Waals surface area contributed by atoms with Crippen molar-refractivity contribution in [2.75, 3.05) is 20.3 Å². The third-order valence-electron chi connectivity index (χ3n) is 3.33. The Labute approximate surface area is 131 Å². The normalized spacial score (nSPS) is 10.8. The van der Waals surface area contributed by atoms with Crippen molar-refractivity contribution >= 4 is 11.8 Å². The molecule has 1 N–H and O–H groups in total. The van der Waals surface area contributed by atoms with E-state index < -0.39 is 0 Å². The Balaban J connectivity index is 2.13. The number of hydrogen-bond donors (Lipinski definition) is 1. The largest absolute Gasteiger partial charge is 0.383 e. The van der Waals surface area contributed by atoms with Crippen LogP contribution in [0, 0.1) is 13.8 Å². The van der Waals surface area contributed by atoms with E-state index in [1.165, 1.54) is 26.5 Å². The van der Waals surface area contributed by atoms with Crippen molar-refractivity contribution in [3.63, 3.8) is 0 Å². The van der Waals surface area contributed by atoms with Crippen LogP contribution in [-0.2, 0) is 11.3 Å². The van der Waals surface area contributed by atoms with E-state index >= 15 is 0 Å². The molecule has 0 radical (unpaired) electrons. The third-order valence-corrected chi connectivity index (χ3v) is 4.62. The van der Waals surface area contributed by atoms with Crippen molar-refractivity contribution in [2.24, 2.45) is 0 Å². The van der Waals surface area contributed by atoms with Crippen LogP contribution in [0.1, 0.15) is 16.7 Å². The van der Waals surface area contributed by atoms with E-state index in [0.29, 0.717) is 0 Å². The Kier molecular flexibility index (Phi) is 6.30. The Bertz CT molecular complexity index is 583. The molecule has 2 rings (SSSR count). The smallest absolute Gasteiger partial charge is 0.0587 e. The van der Waals surface area contributed by atoms with Crippen LogP contribution in [0.4, 0.5) is 0 Å². The standard InChI is InChI=1S/C18H23NOS/c1-14-8-9-18(16(12-14)13-19-10-11-20-3)21-17-7-5-4-6-15(17)2/h4-9,12,19H,10-11,13H2,1-3H3. The van der Waals surface area contributed by atoms with Gasteiger partial charge in [0.2, 0.25) is 0 Å². The minimum atomic E-state index is 0.742. The van der Waals surface area contributed by atoms with Crippen molar-refractivity contribution in [1.29, 1.82) is 0 Å². The number of benzene rings is 2. The maximum atomic E-state index is 5.08. The maximum Gasteiger partial charge on any atom is 0.0587 e. The molecule has 0 atom stereocenters. The molecule has 21 heavy (non-hydrogen) atoms. The molecule has 0 aliphatic carbocycles. The number of nitrogens with one attached hydrogen (secondary N) is 1. The summed E-state index contributed by atoms with van der Waals surface area (Å²) in [5, 5.41) is 3.43. The number of methoxy groups -OCH3 is 1. The van der Waals surface area contributed by atoms with E-state index in [2.05, 4.69) is 61.6 Å². The van der Waals surface area contributed by atoms with Gasteiger partial charge in [0, 0.05) is 30.0 Å². The van der Waals surface area contributed by atoms with Crippen LogP contribution in [-0.4, -0.2) is 20.3 Å². The minimum Gasteiger partial charge on any atom is -0.383 e. The number of rotatable bonds is 7. The topological polar surface area (TPSA) is 21.3 Å². The predicted octanol–water partition coefficient (Wildman–Crippen LogP) is 4.19. The average molecular weight is 301 g/mol. The van der Waals surface area contributed by atoms with Crippen molar-refractivity contribution in [3.8, 4) is 0 Å². The van der Waals surface area contributed by atoms with Gasteiger partial charge >= 0.3 is 0 Å². The van der Waals surface area contributed by atoms with Gasteiger partial charge in [-0.25, -0.2) is 0 Å². The van der Waals surface area contributed by atoms with Crippen LogP contribution in [0.2, 0.25) is 0 Å². The van der Waals surface area contributed by atoms with Crippen molar-refractivity contribution < 1.29 is 4.74 Å². The van der Waals surface area contributed by atoms with Gasteiger partial charge in [0.05, 0.1) is 6.61 Å². The zero-order valence-electron chi connectivity index (χ0n) is 13.0. The summed E-state index contributed by atoms with van der Waals surface area (Å²) in [5.41, 5.74) is 3.97. The fraction of sp³-hybridized carbons (Fsp3) is 0.333. The van der Waals surface area contributed by atoms with Gasteiger partial charge in [-0.2, -0.15) is 0 Å². The van der Waals surface area contributed by atoms with E-state index in [1.807, 2.05) is 11.8 Å². The molecule has 2 nitrogen and oxygen atoms in total. The van der Waals surface area contributed by atoms with Gasteiger partial charge in [-0.15, -0.1) is 0 Å². The van der Waals surface area contributed by atoms with Crippen molar-refractivity contribution in [1.82, 2.24) is 5.32 Å². The zero-order chi connectivity index (χ0) is 15.1. The van der Waals surface area contributed by atoms with E-state index in [4.69, 9.17) is 4.74 Å². The fourth-order valence-electron chi connectivity index (χ4n) is 2.13. The van der Waals surface area contributed by atoms with Gasteiger partial charge in [0.25, 0.3) is 0 Å². The summed E-state index contributed by atoms with van der Waals surface area (Å²) >= 11 is 1.84. The summed E-state index contributed by atoms with van der Waals surface area (Å²) in [6.07, 6.45) is 0. The highest BCUT2D eigenvalue weighted by molar-refractivity contribution is 7.99. The molecule has 0 unspecified atom stereocenters. The summed E-state index contributed by atoms with van der Waals surface area (Å²) in [5.74, 6) is 0. The fourth-order valence-corrected chi connectivity index (χ4v) is 3.14. The lowest BCUT2D eigenvalue weighted by molar-refractivity contribution is 0.199. The summed E-state index contributed by atoms with van der Waals surface area (Å²) in [6.45, 7) is 6.79. The molecule has 0 fully saturated rings. The van der Waals surface area contributed by atoms with Crippen LogP contribution in [0.25, 0.3) is 0 Å². The first-order valence-electron chi connectivity index (χ1n) is 7.23. The first-order chi connectivity index (χ1) is 10.2. The molecule has 0 amide bonds. The van der Waals surface area contributed by atoms with Crippen LogP contribution in [0.3, 0.4) is 0 Å². The lowest BCUT2D eigenvalue weighted by Gasteiger charge is -2.12. The lowest BCUT2D eigenvalue weighted by Crippen LogP contribution is -2.19. The second kappa shape index (κ2) is 8.23. The van der Waals surface area contributed by atoms with E-state index in [9.17, 15) is 0 Å². The molecule has 0 saturated heterocycles. The zero-order valence-corrected chi connectivity index (χ0v) is 13.8. The molecule has 0 spiro atoms. The third kappa shape index (κ3) is 4.88. The summed E-state index contributed by atoms with van der Waals surface area (Å²) in [4.78, 5) is 2.64. The molecule has 0 heterocycles. The highest BCUT2D eigenvalue weighted by Gasteiger charge is 2.06. The first kappa shape index (κ1) is 16.1. The average Bonchev–Trinajstić information content (AvgIpc) is 2.48. The monoisotopic (exact) mass is 301 g/mol. The van der Waals surface area contributed by atoms with Crippen LogP contribution in [0.5, 0.6) is 0 Å². The molecular weight excluding hydrogens is 278 g/mol. The number of ether oxygens (including phenoxy) is 1. The molecule has 2 aromatic rings.